The van der Waals surface area contributed by atoms with E-state index in [0.717, 1.165) is 0 Å². The van der Waals surface area contributed by atoms with Crippen molar-refractivity contribution in [3.63, 3.8) is 0 Å². The van der Waals surface area contributed by atoms with E-state index in [1.54, 1.807) is 38.4 Å². The first-order chi connectivity index (χ1) is 11.5. The molecule has 0 atom stereocenters. The molecule has 1 aromatic heterocycles. The number of nitrogens with one attached hydrogen (secondary N) is 1. The fourth-order valence-electron chi connectivity index (χ4n) is 1.72. The molecule has 0 unspecified atom stereocenters. The van der Waals surface area contributed by atoms with Gasteiger partial charge in [0.25, 0.3) is 0 Å². The number of aromatic nitrogens is 2. The lowest BCUT2D eigenvalue weighted by Crippen LogP contribution is -2.35. The number of nitrogens with two attached hydrogens (primary N) is 1. The predicted molar refractivity (Wildman–Crippen MR) is 94.3 cm³/mol. The summed E-state index contributed by atoms with van der Waals surface area (Å²) in [6.07, 6.45) is 0. The maximum Gasteiger partial charge on any atom is 0.243 e. The van der Waals surface area contributed by atoms with Gasteiger partial charge in [-0.2, -0.15) is 0 Å². The number of hydrogen-bond acceptors (Lipinski definition) is 8. The summed E-state index contributed by atoms with van der Waals surface area (Å²) < 4.78 is 5.71. The summed E-state index contributed by atoms with van der Waals surface area (Å²) in [6, 6.07) is 7.00. The molecule has 2 amide bonds. The maximum atomic E-state index is 12.0. The third kappa shape index (κ3) is 5.39. The standard InChI is InChI=1S/C14H17N5O3S2/c1-19(12(21)8-23-14-18-17-13(15)24-14)7-11(20)16-9-4-3-5-10(6-9)22-2/h3-6H,7-8H2,1-2H3,(H2,15,17)(H,16,20). The number of methoxy groups -OCH3 is 1. The molecule has 3 N–H and O–H groups in total. The lowest BCUT2D eigenvalue weighted by molar-refractivity contribution is -0.131. The molecular formula is C14H17N5O3S2. The number of carbonyl (C=O) groups excluding carboxylic acids is 2. The number of amides is 2. The van der Waals surface area contributed by atoms with Crippen LogP contribution < -0.4 is 15.8 Å². The van der Waals surface area contributed by atoms with Gasteiger partial charge in [-0.05, 0) is 12.1 Å². The van der Waals surface area contributed by atoms with Crippen molar-refractivity contribution in [3.05, 3.63) is 24.3 Å². The maximum absolute atomic E-state index is 12.0. The van der Waals surface area contributed by atoms with Crippen molar-refractivity contribution in [1.82, 2.24) is 15.1 Å². The van der Waals surface area contributed by atoms with E-state index < -0.39 is 0 Å². The Morgan fingerprint density at radius 3 is 2.88 bits per heavy atom. The summed E-state index contributed by atoms with van der Waals surface area (Å²) in [4.78, 5) is 25.4. The minimum atomic E-state index is -0.288. The molecular weight excluding hydrogens is 350 g/mol. The van der Waals surface area contributed by atoms with Crippen LogP contribution in [-0.2, 0) is 9.59 Å². The molecule has 10 heteroatoms. The fraction of sp³-hybridized carbons (Fsp3) is 0.286. The van der Waals surface area contributed by atoms with Gasteiger partial charge in [-0.15, -0.1) is 10.2 Å². The first-order valence-corrected chi connectivity index (χ1v) is 8.68. The Morgan fingerprint density at radius 2 is 2.21 bits per heavy atom. The van der Waals surface area contributed by atoms with Gasteiger partial charge in [0, 0.05) is 18.8 Å². The SMILES string of the molecule is COc1cccc(NC(=O)CN(C)C(=O)CSc2nnc(N)s2)c1. The number of ether oxygens (including phenoxy) is 1. The number of hydrogen-bond donors (Lipinski definition) is 2. The minimum Gasteiger partial charge on any atom is -0.497 e. The lowest BCUT2D eigenvalue weighted by Gasteiger charge is -2.16. The van der Waals surface area contributed by atoms with Gasteiger partial charge < -0.3 is 20.7 Å². The molecule has 0 radical (unpaired) electrons. The van der Waals surface area contributed by atoms with Gasteiger partial charge in [-0.25, -0.2) is 0 Å². The van der Waals surface area contributed by atoms with E-state index in [1.807, 2.05) is 0 Å². The molecule has 24 heavy (non-hydrogen) atoms. The van der Waals surface area contributed by atoms with Gasteiger partial charge in [0.1, 0.15) is 5.75 Å². The summed E-state index contributed by atoms with van der Waals surface area (Å²) in [5.41, 5.74) is 6.09. The smallest absolute Gasteiger partial charge is 0.243 e. The molecule has 0 saturated heterocycles. The summed E-state index contributed by atoms with van der Waals surface area (Å²) in [5.74, 6) is 0.334. The first kappa shape index (κ1) is 18.0. The summed E-state index contributed by atoms with van der Waals surface area (Å²) in [5, 5.41) is 10.6. The van der Waals surface area contributed by atoms with Gasteiger partial charge in [-0.3, -0.25) is 9.59 Å². The van der Waals surface area contributed by atoms with Crippen molar-refractivity contribution in [1.29, 1.82) is 0 Å². The highest BCUT2D eigenvalue weighted by molar-refractivity contribution is 8.01. The number of thioether (sulfide) groups is 1. The number of benzene rings is 1. The third-order valence-electron chi connectivity index (χ3n) is 2.90. The number of nitrogen functional groups attached to an aromatic ring is 1. The van der Waals surface area contributed by atoms with Crippen LogP contribution in [0.4, 0.5) is 10.8 Å². The minimum absolute atomic E-state index is 0.0468. The van der Waals surface area contributed by atoms with E-state index in [2.05, 4.69) is 15.5 Å². The van der Waals surface area contributed by atoms with E-state index in [4.69, 9.17) is 10.5 Å². The van der Waals surface area contributed by atoms with E-state index in [9.17, 15) is 9.59 Å². The molecule has 0 aliphatic carbocycles. The number of rotatable bonds is 7. The van der Waals surface area contributed by atoms with E-state index >= 15 is 0 Å². The Morgan fingerprint density at radius 1 is 1.42 bits per heavy atom. The molecule has 1 aromatic carbocycles. The number of likely N-dealkylation sites (N-methyl/N-ethyl adjacent to an activating group) is 1. The highest BCUT2D eigenvalue weighted by Gasteiger charge is 2.14. The Hall–Kier alpha value is -2.33. The Labute approximate surface area is 147 Å². The second-order valence-electron chi connectivity index (χ2n) is 4.72. The largest absolute Gasteiger partial charge is 0.497 e. The van der Waals surface area contributed by atoms with Gasteiger partial charge in [0.05, 0.1) is 19.4 Å². The van der Waals surface area contributed by atoms with Gasteiger partial charge in [-0.1, -0.05) is 29.2 Å². The first-order valence-electron chi connectivity index (χ1n) is 6.87. The van der Waals surface area contributed by atoms with Crippen LogP contribution in [0.15, 0.2) is 28.6 Å². The molecule has 0 spiro atoms. The van der Waals surface area contributed by atoms with Crippen molar-refractivity contribution >= 4 is 45.7 Å². The van der Waals surface area contributed by atoms with Crippen LogP contribution in [-0.4, -0.2) is 53.4 Å². The molecule has 0 aliphatic rings. The molecule has 128 valence electrons. The van der Waals surface area contributed by atoms with E-state index in [0.29, 0.717) is 20.9 Å². The Bertz CT molecular complexity index is 722. The fourth-order valence-corrected chi connectivity index (χ4v) is 3.29. The second-order valence-corrected chi connectivity index (χ2v) is 6.96. The highest BCUT2D eigenvalue weighted by atomic mass is 32.2. The molecule has 0 bridgehead atoms. The topological polar surface area (TPSA) is 110 Å². The van der Waals surface area contributed by atoms with Crippen LogP contribution in [0.2, 0.25) is 0 Å². The molecule has 0 fully saturated rings. The summed E-state index contributed by atoms with van der Waals surface area (Å²) >= 11 is 2.46. The lowest BCUT2D eigenvalue weighted by atomic mass is 10.3. The Kier molecular flexibility index (Phi) is 6.38. The number of nitrogens with zero attached hydrogens (tertiary/aromatic N) is 3. The van der Waals surface area contributed by atoms with Crippen molar-refractivity contribution < 1.29 is 14.3 Å². The average molecular weight is 367 g/mol. The highest BCUT2D eigenvalue weighted by Crippen LogP contribution is 2.23. The van der Waals surface area contributed by atoms with E-state index in [-0.39, 0.29) is 24.1 Å². The molecule has 1 heterocycles. The monoisotopic (exact) mass is 367 g/mol. The molecule has 2 rings (SSSR count). The zero-order valence-corrected chi connectivity index (χ0v) is 14.8. The summed E-state index contributed by atoms with van der Waals surface area (Å²) in [7, 11) is 3.12. The number of carbonyl (C=O) groups is 2. The second kappa shape index (κ2) is 8.50. The van der Waals surface area contributed by atoms with Crippen LogP contribution >= 0.6 is 23.1 Å². The average Bonchev–Trinajstić information content (AvgIpc) is 2.98. The number of anilines is 2. The molecule has 2 aromatic rings. The van der Waals surface area contributed by atoms with Gasteiger partial charge >= 0.3 is 0 Å². The summed E-state index contributed by atoms with van der Waals surface area (Å²) in [6.45, 7) is -0.0468. The normalized spacial score (nSPS) is 10.2. The predicted octanol–water partition coefficient (Wildman–Crippen LogP) is 1.32. The Balaban J connectivity index is 1.80. The van der Waals surface area contributed by atoms with Crippen molar-refractivity contribution in [2.75, 3.05) is 37.5 Å². The third-order valence-corrected chi connectivity index (χ3v) is 4.77. The quantitative estimate of drug-likeness (QED) is 0.710. The van der Waals surface area contributed by atoms with Crippen LogP contribution in [0.5, 0.6) is 5.75 Å². The van der Waals surface area contributed by atoms with E-state index in [1.165, 1.54) is 28.0 Å². The van der Waals surface area contributed by atoms with Crippen LogP contribution in [0.1, 0.15) is 0 Å². The molecule has 0 aliphatic heterocycles. The van der Waals surface area contributed by atoms with Crippen molar-refractivity contribution in [2.45, 2.75) is 4.34 Å². The van der Waals surface area contributed by atoms with Gasteiger partial charge in [0.2, 0.25) is 16.9 Å². The van der Waals surface area contributed by atoms with Crippen LogP contribution in [0.25, 0.3) is 0 Å². The van der Waals surface area contributed by atoms with Crippen molar-refractivity contribution in [3.8, 4) is 5.75 Å². The van der Waals surface area contributed by atoms with Crippen molar-refractivity contribution in [2.24, 2.45) is 0 Å². The van der Waals surface area contributed by atoms with Crippen LogP contribution in [0.3, 0.4) is 0 Å². The van der Waals surface area contributed by atoms with Gasteiger partial charge in [0.15, 0.2) is 4.34 Å². The van der Waals surface area contributed by atoms with Crippen LogP contribution in [0, 0.1) is 0 Å². The zero-order valence-electron chi connectivity index (χ0n) is 13.2. The molecule has 8 nitrogen and oxygen atoms in total. The molecule has 0 saturated carbocycles. The zero-order chi connectivity index (χ0) is 17.5.